The Morgan fingerprint density at radius 2 is 1.43 bits per heavy atom. The van der Waals surface area contributed by atoms with Gasteiger partial charge in [0.05, 0.1) is 0 Å². The van der Waals surface area contributed by atoms with Gasteiger partial charge in [0, 0.05) is 25.3 Å². The summed E-state index contributed by atoms with van der Waals surface area (Å²) in [4.78, 5) is 1.98. The van der Waals surface area contributed by atoms with Crippen molar-refractivity contribution in [3.05, 3.63) is 41.0 Å². The monoisotopic (exact) mass is 270 g/mol. The van der Waals surface area contributed by atoms with Gasteiger partial charge < -0.3 is 4.90 Å². The molecule has 4 nitrogen and oxygen atoms in total. The summed E-state index contributed by atoms with van der Waals surface area (Å²) < 4.78 is 0. The maximum absolute atomic E-state index is 8.79. The quantitative estimate of drug-likeness (QED) is 0.577. The fourth-order valence-electron chi connectivity index (χ4n) is 1.32. The van der Waals surface area contributed by atoms with E-state index in [0.29, 0.717) is 0 Å². The van der Waals surface area contributed by atoms with Crippen LogP contribution in [-0.4, -0.2) is 14.1 Å². The molecule has 1 aromatic rings. The van der Waals surface area contributed by atoms with Gasteiger partial charge in [-0.2, -0.15) is 15.8 Å². The lowest BCUT2D eigenvalue weighted by molar-refractivity contribution is 1.13. The van der Waals surface area contributed by atoms with E-state index >= 15 is 0 Å². The lowest BCUT2D eigenvalue weighted by atomic mass is 10.1. The number of nitrogens with zero attached hydrogens (tertiary/aromatic N) is 4. The zero-order chi connectivity index (χ0) is 15.7. The van der Waals surface area contributed by atoms with Crippen LogP contribution in [0.2, 0.25) is 0 Å². The minimum atomic E-state index is -0.304. The Morgan fingerprint density at radius 1 is 0.857 bits per heavy atom. The SMILES string of the molecule is CN(C)c1ccc(C#CC#CC(C#N)=C(C#N)C#N)cc1. The Kier molecular flexibility index (Phi) is 5.66. The van der Waals surface area contributed by atoms with Crippen molar-refractivity contribution in [1.29, 1.82) is 15.8 Å². The maximum Gasteiger partial charge on any atom is 0.155 e. The maximum atomic E-state index is 8.79. The smallest absolute Gasteiger partial charge is 0.155 e. The Morgan fingerprint density at radius 3 is 1.90 bits per heavy atom. The third-order valence-corrected chi connectivity index (χ3v) is 2.43. The molecule has 0 aromatic heterocycles. The van der Waals surface area contributed by atoms with E-state index in [-0.39, 0.29) is 11.1 Å². The molecule has 98 valence electrons. The molecule has 0 spiro atoms. The highest BCUT2D eigenvalue weighted by molar-refractivity contribution is 5.57. The highest BCUT2D eigenvalue weighted by Gasteiger charge is 2.00. The Labute approximate surface area is 124 Å². The molecule has 0 N–H and O–H groups in total. The molecule has 0 aliphatic heterocycles. The summed E-state index contributed by atoms with van der Waals surface area (Å²) in [7, 11) is 3.90. The normalized spacial score (nSPS) is 7.57. The van der Waals surface area contributed by atoms with Crippen molar-refractivity contribution in [1.82, 2.24) is 0 Å². The number of benzene rings is 1. The van der Waals surface area contributed by atoms with Crippen LogP contribution in [0.3, 0.4) is 0 Å². The molecule has 0 bridgehead atoms. The average molecular weight is 270 g/mol. The minimum Gasteiger partial charge on any atom is -0.378 e. The number of nitriles is 3. The number of hydrogen-bond acceptors (Lipinski definition) is 4. The van der Waals surface area contributed by atoms with Gasteiger partial charge in [-0.05, 0) is 42.0 Å². The molecule has 0 radical (unpaired) electrons. The first-order valence-electron chi connectivity index (χ1n) is 5.86. The van der Waals surface area contributed by atoms with E-state index in [1.54, 1.807) is 18.2 Å². The van der Waals surface area contributed by atoms with Crippen LogP contribution in [0.5, 0.6) is 0 Å². The molecule has 0 heterocycles. The van der Waals surface area contributed by atoms with Gasteiger partial charge in [0.25, 0.3) is 0 Å². The standard InChI is InChI=1S/C17H10N4/c1-21(2)17-9-7-14(8-10-17)5-3-4-6-15(11-18)16(12-19)13-20/h7-10H,1-2H3. The van der Waals surface area contributed by atoms with Crippen LogP contribution in [0.1, 0.15) is 5.56 Å². The molecule has 4 heteroatoms. The van der Waals surface area contributed by atoms with Crippen molar-refractivity contribution in [3.8, 4) is 41.9 Å². The molecule has 0 unspecified atom stereocenters. The second kappa shape index (κ2) is 7.71. The molecule has 0 aliphatic rings. The Balaban J connectivity index is 2.95. The first-order chi connectivity index (χ1) is 10.1. The molecule has 0 saturated carbocycles. The molecule has 1 rings (SSSR count). The van der Waals surface area contributed by atoms with Gasteiger partial charge in [-0.3, -0.25) is 0 Å². The molecule has 0 saturated heterocycles. The summed E-state index contributed by atoms with van der Waals surface area (Å²) in [6.45, 7) is 0. The first kappa shape index (κ1) is 15.4. The van der Waals surface area contributed by atoms with Crippen LogP contribution in [-0.2, 0) is 0 Å². The number of anilines is 1. The predicted octanol–water partition coefficient (Wildman–Crippen LogP) is 1.97. The second-order valence-electron chi connectivity index (χ2n) is 4.03. The molecule has 0 fully saturated rings. The van der Waals surface area contributed by atoms with Crippen molar-refractivity contribution in [2.75, 3.05) is 19.0 Å². The fraction of sp³-hybridized carbons (Fsp3) is 0.118. The topological polar surface area (TPSA) is 74.6 Å². The molecular weight excluding hydrogens is 260 g/mol. The van der Waals surface area contributed by atoms with E-state index in [1.165, 1.54) is 0 Å². The predicted molar refractivity (Wildman–Crippen MR) is 79.3 cm³/mol. The van der Waals surface area contributed by atoms with Gasteiger partial charge in [-0.25, -0.2) is 0 Å². The van der Waals surface area contributed by atoms with Gasteiger partial charge in [0.2, 0.25) is 0 Å². The van der Waals surface area contributed by atoms with Gasteiger partial charge in [0.15, 0.2) is 5.57 Å². The van der Waals surface area contributed by atoms with Gasteiger partial charge >= 0.3 is 0 Å². The number of allylic oxidation sites excluding steroid dienone is 2. The minimum absolute atomic E-state index is 0.169. The lowest BCUT2D eigenvalue weighted by Crippen LogP contribution is -2.07. The summed E-state index contributed by atoms with van der Waals surface area (Å²) in [5, 5.41) is 26.1. The van der Waals surface area contributed by atoms with Crippen molar-refractivity contribution in [2.24, 2.45) is 0 Å². The van der Waals surface area contributed by atoms with Gasteiger partial charge in [-0.15, -0.1) is 0 Å². The zero-order valence-electron chi connectivity index (χ0n) is 11.6. The van der Waals surface area contributed by atoms with Crippen LogP contribution < -0.4 is 4.90 Å². The second-order valence-corrected chi connectivity index (χ2v) is 4.03. The summed E-state index contributed by atoms with van der Waals surface area (Å²) in [6, 6.07) is 12.5. The van der Waals surface area contributed by atoms with E-state index < -0.39 is 0 Å². The van der Waals surface area contributed by atoms with E-state index in [9.17, 15) is 0 Å². The third kappa shape index (κ3) is 4.50. The highest BCUT2D eigenvalue weighted by Crippen LogP contribution is 2.11. The van der Waals surface area contributed by atoms with Crippen LogP contribution in [0, 0.1) is 57.7 Å². The first-order valence-corrected chi connectivity index (χ1v) is 5.86. The zero-order valence-corrected chi connectivity index (χ0v) is 11.6. The Bertz CT molecular complexity index is 783. The van der Waals surface area contributed by atoms with Crippen molar-refractivity contribution in [3.63, 3.8) is 0 Å². The molecule has 1 aromatic carbocycles. The highest BCUT2D eigenvalue weighted by atomic mass is 15.1. The molecule has 0 amide bonds. The largest absolute Gasteiger partial charge is 0.378 e. The van der Waals surface area contributed by atoms with Crippen LogP contribution in [0.25, 0.3) is 0 Å². The average Bonchev–Trinajstić information content (AvgIpc) is 2.51. The van der Waals surface area contributed by atoms with Crippen LogP contribution in [0.15, 0.2) is 35.4 Å². The number of rotatable bonds is 1. The van der Waals surface area contributed by atoms with Crippen LogP contribution >= 0.6 is 0 Å². The van der Waals surface area contributed by atoms with E-state index in [1.807, 2.05) is 43.3 Å². The van der Waals surface area contributed by atoms with Crippen molar-refractivity contribution in [2.45, 2.75) is 0 Å². The third-order valence-electron chi connectivity index (χ3n) is 2.43. The van der Waals surface area contributed by atoms with E-state index in [2.05, 4.69) is 23.7 Å². The Hall–Kier alpha value is -3.65. The van der Waals surface area contributed by atoms with E-state index in [0.717, 1.165) is 11.3 Å². The fourth-order valence-corrected chi connectivity index (χ4v) is 1.32. The van der Waals surface area contributed by atoms with Crippen LogP contribution in [0.4, 0.5) is 5.69 Å². The summed E-state index contributed by atoms with van der Waals surface area (Å²) in [6.07, 6.45) is 0. The summed E-state index contributed by atoms with van der Waals surface area (Å²) >= 11 is 0. The van der Waals surface area contributed by atoms with Crippen molar-refractivity contribution < 1.29 is 0 Å². The van der Waals surface area contributed by atoms with Gasteiger partial charge in [0.1, 0.15) is 23.8 Å². The number of hydrogen-bond donors (Lipinski definition) is 0. The molecule has 0 aliphatic carbocycles. The van der Waals surface area contributed by atoms with Gasteiger partial charge in [-0.1, -0.05) is 5.92 Å². The molecule has 21 heavy (non-hydrogen) atoms. The van der Waals surface area contributed by atoms with Crippen molar-refractivity contribution >= 4 is 5.69 Å². The summed E-state index contributed by atoms with van der Waals surface area (Å²) in [5.74, 6) is 10.3. The lowest BCUT2D eigenvalue weighted by Gasteiger charge is -2.11. The summed E-state index contributed by atoms with van der Waals surface area (Å²) in [5.41, 5.74) is 1.38. The molecular formula is C17H10N4. The van der Waals surface area contributed by atoms with E-state index in [4.69, 9.17) is 15.8 Å². The molecule has 0 atom stereocenters.